The Morgan fingerprint density at radius 2 is 2.14 bits per heavy atom. The highest BCUT2D eigenvalue weighted by Gasteiger charge is 2.35. The quantitative estimate of drug-likeness (QED) is 0.757. The van der Waals surface area contributed by atoms with Crippen LogP contribution in [0.3, 0.4) is 0 Å². The third kappa shape index (κ3) is 3.73. The maximum absolute atomic E-state index is 13.0. The van der Waals surface area contributed by atoms with Gasteiger partial charge in [0.05, 0.1) is 5.69 Å². The maximum Gasteiger partial charge on any atom is 0.254 e. The van der Waals surface area contributed by atoms with Gasteiger partial charge in [-0.05, 0) is 42.2 Å². The van der Waals surface area contributed by atoms with Gasteiger partial charge in [0, 0.05) is 37.1 Å². The molecule has 1 unspecified atom stereocenters. The largest absolute Gasteiger partial charge is 0.487 e. The van der Waals surface area contributed by atoms with E-state index in [1.54, 1.807) is 6.07 Å². The summed E-state index contributed by atoms with van der Waals surface area (Å²) >= 11 is 0. The van der Waals surface area contributed by atoms with Crippen molar-refractivity contribution >= 4 is 11.6 Å². The molecule has 0 saturated carbocycles. The van der Waals surface area contributed by atoms with E-state index in [1.807, 2.05) is 58.1 Å². The van der Waals surface area contributed by atoms with E-state index < -0.39 is 0 Å². The Hall–Kier alpha value is -2.86. The molecule has 4 rings (SSSR count). The summed E-state index contributed by atoms with van der Waals surface area (Å²) in [6.45, 7) is 5.94. The number of aromatic nitrogens is 2. The summed E-state index contributed by atoms with van der Waals surface area (Å²) in [6.07, 6.45) is 4.73. The first-order valence-electron chi connectivity index (χ1n) is 9.63. The molecule has 146 valence electrons. The van der Waals surface area contributed by atoms with Crippen LogP contribution < -0.4 is 10.5 Å². The zero-order valence-corrected chi connectivity index (χ0v) is 16.3. The van der Waals surface area contributed by atoms with E-state index in [-0.39, 0.29) is 17.4 Å². The molecule has 3 heterocycles. The number of fused-ring (bicyclic) bond motifs is 1. The second-order valence-electron chi connectivity index (χ2n) is 8.13. The number of carbonyl (C=O) groups is 1. The molecule has 1 fully saturated rings. The number of ether oxygens (including phenoxy) is 1. The van der Waals surface area contributed by atoms with E-state index in [1.165, 1.54) is 0 Å². The van der Waals surface area contributed by atoms with Gasteiger partial charge in [0.1, 0.15) is 18.0 Å². The van der Waals surface area contributed by atoms with Crippen molar-refractivity contribution < 1.29 is 9.53 Å². The van der Waals surface area contributed by atoms with E-state index in [9.17, 15) is 4.79 Å². The lowest BCUT2D eigenvalue weighted by atomic mass is 9.79. The fourth-order valence-electron chi connectivity index (χ4n) is 3.66. The maximum atomic E-state index is 13.0. The summed E-state index contributed by atoms with van der Waals surface area (Å²) in [4.78, 5) is 19.4. The molecule has 3 aromatic rings. The van der Waals surface area contributed by atoms with Crippen molar-refractivity contribution in [3.8, 4) is 5.75 Å². The molecule has 1 aliphatic rings. The second-order valence-corrected chi connectivity index (χ2v) is 8.13. The third-order valence-corrected chi connectivity index (χ3v) is 5.48. The number of nitrogens with two attached hydrogens (primary N) is 1. The molecule has 1 atom stereocenters. The minimum Gasteiger partial charge on any atom is -0.487 e. The topological polar surface area (TPSA) is 72.9 Å². The summed E-state index contributed by atoms with van der Waals surface area (Å²) < 4.78 is 7.85. The van der Waals surface area contributed by atoms with E-state index in [4.69, 9.17) is 10.5 Å². The molecule has 1 amide bonds. The fourth-order valence-corrected chi connectivity index (χ4v) is 3.66. The third-order valence-electron chi connectivity index (χ3n) is 5.48. The lowest BCUT2D eigenvalue weighted by Gasteiger charge is -2.42. The zero-order chi connectivity index (χ0) is 19.7. The summed E-state index contributed by atoms with van der Waals surface area (Å²) in [7, 11) is 0. The monoisotopic (exact) mass is 378 g/mol. The number of carbonyl (C=O) groups excluding carboxylic acids is 1. The van der Waals surface area contributed by atoms with Crippen molar-refractivity contribution in [2.75, 3.05) is 13.1 Å². The highest BCUT2D eigenvalue weighted by Crippen LogP contribution is 2.29. The fraction of sp³-hybridized carbons (Fsp3) is 0.364. The number of imidazole rings is 1. The number of hydrogen-bond donors (Lipinski definition) is 1. The molecular weight excluding hydrogens is 352 g/mol. The normalized spacial score (nSPS) is 19.0. The average Bonchev–Trinajstić information content (AvgIpc) is 3.11. The van der Waals surface area contributed by atoms with E-state index >= 15 is 0 Å². The molecule has 6 heteroatoms. The van der Waals surface area contributed by atoms with E-state index in [2.05, 4.69) is 18.8 Å². The summed E-state index contributed by atoms with van der Waals surface area (Å²) in [6, 6.07) is 13.3. The number of rotatable bonds is 4. The SMILES string of the molecule is CC1(C)CN(C(=O)c2cccc(OCc3cn4ccccc4n3)c2)CCC1N. The van der Waals surface area contributed by atoms with Crippen LogP contribution in [-0.4, -0.2) is 39.3 Å². The minimum atomic E-state index is -0.0782. The molecule has 0 radical (unpaired) electrons. The van der Waals surface area contributed by atoms with Gasteiger partial charge in [0.25, 0.3) is 5.91 Å². The Morgan fingerprint density at radius 1 is 1.29 bits per heavy atom. The highest BCUT2D eigenvalue weighted by molar-refractivity contribution is 5.94. The number of hydrogen-bond acceptors (Lipinski definition) is 4. The first-order valence-corrected chi connectivity index (χ1v) is 9.63. The number of pyridine rings is 1. The first kappa shape index (κ1) is 18.5. The number of benzene rings is 1. The van der Waals surface area contributed by atoms with Crippen molar-refractivity contribution in [3.05, 3.63) is 66.1 Å². The molecule has 2 N–H and O–H groups in total. The Bertz CT molecular complexity index is 962. The van der Waals surface area contributed by atoms with Crippen LogP contribution in [0.4, 0.5) is 0 Å². The van der Waals surface area contributed by atoms with Gasteiger partial charge in [-0.3, -0.25) is 4.79 Å². The van der Waals surface area contributed by atoms with Crippen LogP contribution in [0.2, 0.25) is 0 Å². The van der Waals surface area contributed by atoms with Crippen LogP contribution in [0.25, 0.3) is 5.65 Å². The van der Waals surface area contributed by atoms with Crippen molar-refractivity contribution in [3.63, 3.8) is 0 Å². The standard InChI is InChI=1S/C22H26N4O2/c1-22(2)15-26(11-9-19(22)23)21(27)16-6-5-7-18(12-16)28-14-17-13-25-10-4-3-8-20(25)24-17/h3-8,10,12-13,19H,9,11,14-15,23H2,1-2H3. The lowest BCUT2D eigenvalue weighted by Crippen LogP contribution is -2.53. The van der Waals surface area contributed by atoms with Gasteiger partial charge >= 0.3 is 0 Å². The molecule has 1 saturated heterocycles. The van der Waals surface area contributed by atoms with Crippen LogP contribution in [-0.2, 0) is 6.61 Å². The van der Waals surface area contributed by atoms with Crippen molar-refractivity contribution in [1.29, 1.82) is 0 Å². The number of amides is 1. The highest BCUT2D eigenvalue weighted by atomic mass is 16.5. The molecular formula is C22H26N4O2. The summed E-state index contributed by atoms with van der Waals surface area (Å²) in [5, 5.41) is 0. The number of likely N-dealkylation sites (tertiary alicyclic amines) is 1. The lowest BCUT2D eigenvalue weighted by molar-refractivity contribution is 0.0532. The molecule has 6 nitrogen and oxygen atoms in total. The molecule has 0 spiro atoms. The minimum absolute atomic E-state index is 0.0261. The van der Waals surface area contributed by atoms with Crippen LogP contribution >= 0.6 is 0 Å². The number of piperidine rings is 1. The van der Waals surface area contributed by atoms with Gasteiger partial charge in [-0.1, -0.05) is 26.0 Å². The average molecular weight is 378 g/mol. The predicted octanol–water partition coefficient (Wildman–Crippen LogP) is 3.11. The van der Waals surface area contributed by atoms with Crippen molar-refractivity contribution in [1.82, 2.24) is 14.3 Å². The van der Waals surface area contributed by atoms with Gasteiger partial charge in [0.2, 0.25) is 0 Å². The Balaban J connectivity index is 1.44. The van der Waals surface area contributed by atoms with Gasteiger partial charge in [-0.2, -0.15) is 0 Å². The van der Waals surface area contributed by atoms with E-state index in [0.29, 0.717) is 31.0 Å². The first-order chi connectivity index (χ1) is 13.4. The molecule has 28 heavy (non-hydrogen) atoms. The molecule has 0 bridgehead atoms. The molecule has 1 aromatic carbocycles. The Labute approximate surface area is 164 Å². The molecule has 0 aliphatic carbocycles. The zero-order valence-electron chi connectivity index (χ0n) is 16.3. The molecule has 1 aliphatic heterocycles. The van der Waals surface area contributed by atoms with Gasteiger partial charge in [-0.15, -0.1) is 0 Å². The Kier molecular flexibility index (Phi) is 4.81. The number of nitrogens with zero attached hydrogens (tertiary/aromatic N) is 3. The van der Waals surface area contributed by atoms with Gasteiger partial charge in [0.15, 0.2) is 0 Å². The molecule has 2 aromatic heterocycles. The van der Waals surface area contributed by atoms with Crippen LogP contribution in [0.1, 0.15) is 36.3 Å². The summed E-state index contributed by atoms with van der Waals surface area (Å²) in [5.74, 6) is 0.689. The van der Waals surface area contributed by atoms with E-state index in [0.717, 1.165) is 17.8 Å². The van der Waals surface area contributed by atoms with Crippen molar-refractivity contribution in [2.45, 2.75) is 32.9 Å². The van der Waals surface area contributed by atoms with Gasteiger partial charge in [-0.25, -0.2) is 4.98 Å². The predicted molar refractivity (Wildman–Crippen MR) is 108 cm³/mol. The summed E-state index contributed by atoms with van der Waals surface area (Å²) in [5.41, 5.74) is 8.48. The second kappa shape index (κ2) is 7.28. The van der Waals surface area contributed by atoms with Crippen LogP contribution in [0.5, 0.6) is 5.75 Å². The smallest absolute Gasteiger partial charge is 0.254 e. The van der Waals surface area contributed by atoms with Gasteiger partial charge < -0.3 is 19.8 Å². The van der Waals surface area contributed by atoms with Crippen LogP contribution in [0, 0.1) is 5.41 Å². The van der Waals surface area contributed by atoms with Crippen LogP contribution in [0.15, 0.2) is 54.9 Å². The Morgan fingerprint density at radius 3 is 2.93 bits per heavy atom. The van der Waals surface area contributed by atoms with Crippen molar-refractivity contribution in [2.24, 2.45) is 11.1 Å².